The Morgan fingerprint density at radius 3 is 2.42 bits per heavy atom. The number of rotatable bonds is 7. The summed E-state index contributed by atoms with van der Waals surface area (Å²) in [4.78, 5) is 12.7. The van der Waals surface area contributed by atoms with Gasteiger partial charge in [-0.3, -0.25) is 10.1 Å². The summed E-state index contributed by atoms with van der Waals surface area (Å²) in [5.74, 6) is -0.255. The molecule has 0 atom stereocenters. The van der Waals surface area contributed by atoms with Crippen molar-refractivity contribution in [3.8, 4) is 5.75 Å². The molecule has 1 N–H and O–H groups in total. The first kappa shape index (κ1) is 22.6. The van der Waals surface area contributed by atoms with Crippen molar-refractivity contribution in [1.82, 2.24) is 10.2 Å². The first-order valence-corrected chi connectivity index (χ1v) is 12.3. The van der Waals surface area contributed by atoms with E-state index in [1.807, 2.05) is 43.3 Å². The number of carbonyl (C=O) groups is 1. The third-order valence-electron chi connectivity index (χ3n) is 4.82. The van der Waals surface area contributed by atoms with Gasteiger partial charge in [0.15, 0.2) is 0 Å². The number of amides is 1. The zero-order chi connectivity index (χ0) is 23.4. The Morgan fingerprint density at radius 1 is 0.970 bits per heavy atom. The molecule has 9 heteroatoms. The third kappa shape index (κ3) is 5.63. The van der Waals surface area contributed by atoms with Crippen LogP contribution in [0.25, 0.3) is 0 Å². The average molecular weight is 480 g/mol. The second-order valence-corrected chi connectivity index (χ2v) is 10.0. The molecule has 0 fully saturated rings. The fraction of sp³-hybridized carbons (Fsp3) is 0.125. The highest BCUT2D eigenvalue weighted by atomic mass is 32.2. The molecule has 0 radical (unpaired) electrons. The molecule has 1 amide bonds. The predicted octanol–water partition coefficient (Wildman–Crippen LogP) is 4.77. The summed E-state index contributed by atoms with van der Waals surface area (Å²) in [5.41, 5.74) is 2.86. The summed E-state index contributed by atoms with van der Waals surface area (Å²) in [6.45, 7) is 3.52. The summed E-state index contributed by atoms with van der Waals surface area (Å²) in [7, 11) is -3.99. The highest BCUT2D eigenvalue weighted by molar-refractivity contribution is 7.87. The highest BCUT2D eigenvalue weighted by Gasteiger charge is 2.20. The number of hydrogen-bond acceptors (Lipinski definition) is 7. The minimum Gasteiger partial charge on any atom is -0.379 e. The molecule has 168 valence electrons. The first-order chi connectivity index (χ1) is 15.8. The van der Waals surface area contributed by atoms with Crippen LogP contribution < -0.4 is 9.50 Å². The van der Waals surface area contributed by atoms with Crippen LogP contribution in [0.3, 0.4) is 0 Å². The average Bonchev–Trinajstić information content (AvgIpc) is 3.22. The van der Waals surface area contributed by atoms with E-state index in [1.54, 1.807) is 19.1 Å². The molecule has 4 rings (SSSR count). The SMILES string of the molecule is Cc1ccc(C)c(S(=O)(=O)Oc2ccc(C(=O)Nc3nnc(Cc4ccccc4)s3)cc2)c1. The monoisotopic (exact) mass is 479 g/mol. The van der Waals surface area contributed by atoms with Gasteiger partial charge in [0.25, 0.3) is 5.91 Å². The summed E-state index contributed by atoms with van der Waals surface area (Å²) in [6.07, 6.45) is 0.634. The van der Waals surface area contributed by atoms with Crippen molar-refractivity contribution in [2.24, 2.45) is 0 Å². The van der Waals surface area contributed by atoms with Crippen molar-refractivity contribution in [3.05, 3.63) is 100 Å². The maximum absolute atomic E-state index is 12.7. The number of aromatic nitrogens is 2. The second kappa shape index (κ2) is 9.51. The molecule has 0 aliphatic rings. The molecule has 0 aliphatic carbocycles. The Balaban J connectivity index is 1.41. The van der Waals surface area contributed by atoms with Crippen LogP contribution >= 0.6 is 11.3 Å². The molecular weight excluding hydrogens is 458 g/mol. The normalized spacial score (nSPS) is 11.2. The van der Waals surface area contributed by atoms with E-state index >= 15 is 0 Å². The van der Waals surface area contributed by atoms with Gasteiger partial charge in [0.2, 0.25) is 5.13 Å². The molecule has 0 bridgehead atoms. The van der Waals surface area contributed by atoms with E-state index in [0.717, 1.165) is 16.1 Å². The lowest BCUT2D eigenvalue weighted by molar-refractivity contribution is 0.102. The molecule has 1 aromatic heterocycles. The van der Waals surface area contributed by atoms with Gasteiger partial charge in [0, 0.05) is 12.0 Å². The fourth-order valence-electron chi connectivity index (χ4n) is 3.13. The molecule has 33 heavy (non-hydrogen) atoms. The number of nitrogens with one attached hydrogen (secondary N) is 1. The van der Waals surface area contributed by atoms with Crippen LogP contribution in [-0.2, 0) is 16.5 Å². The molecule has 1 heterocycles. The molecule has 0 unspecified atom stereocenters. The van der Waals surface area contributed by atoms with Crippen LogP contribution in [0.1, 0.15) is 32.1 Å². The Labute approximate surface area is 196 Å². The number of aryl methyl sites for hydroxylation is 2. The Bertz CT molecular complexity index is 1380. The van der Waals surface area contributed by atoms with E-state index in [4.69, 9.17) is 4.18 Å². The molecule has 0 saturated heterocycles. The molecular formula is C24H21N3O4S2. The zero-order valence-corrected chi connectivity index (χ0v) is 19.6. The van der Waals surface area contributed by atoms with Gasteiger partial charge in [-0.1, -0.05) is 53.8 Å². The largest absolute Gasteiger partial charge is 0.379 e. The van der Waals surface area contributed by atoms with Crippen LogP contribution in [0.2, 0.25) is 0 Å². The lowest BCUT2D eigenvalue weighted by Crippen LogP contribution is -2.13. The number of anilines is 1. The van der Waals surface area contributed by atoms with Crippen LogP contribution in [0.4, 0.5) is 5.13 Å². The third-order valence-corrected chi connectivity index (χ3v) is 7.05. The molecule has 0 saturated carbocycles. The quantitative estimate of drug-likeness (QED) is 0.384. The van der Waals surface area contributed by atoms with Crippen molar-refractivity contribution in [1.29, 1.82) is 0 Å². The Morgan fingerprint density at radius 2 is 1.70 bits per heavy atom. The minimum atomic E-state index is -3.99. The summed E-state index contributed by atoms with van der Waals surface area (Å²) in [5, 5.41) is 12.0. The van der Waals surface area contributed by atoms with Crippen molar-refractivity contribution < 1.29 is 17.4 Å². The number of carbonyl (C=O) groups excluding carboxylic acids is 1. The van der Waals surface area contributed by atoms with E-state index in [-0.39, 0.29) is 16.6 Å². The number of benzene rings is 3. The lowest BCUT2D eigenvalue weighted by atomic mass is 10.2. The van der Waals surface area contributed by atoms with E-state index in [1.165, 1.54) is 35.6 Å². The summed E-state index contributed by atoms with van der Waals surface area (Å²) < 4.78 is 30.6. The van der Waals surface area contributed by atoms with Crippen LogP contribution in [0.15, 0.2) is 77.7 Å². The van der Waals surface area contributed by atoms with Crippen molar-refractivity contribution in [2.75, 3.05) is 5.32 Å². The van der Waals surface area contributed by atoms with Crippen LogP contribution in [-0.4, -0.2) is 24.5 Å². The van der Waals surface area contributed by atoms with Gasteiger partial charge in [0.05, 0.1) is 0 Å². The summed E-state index contributed by atoms with van der Waals surface area (Å²) in [6, 6.07) is 20.9. The Kier molecular flexibility index (Phi) is 6.52. The topological polar surface area (TPSA) is 98.2 Å². The lowest BCUT2D eigenvalue weighted by Gasteiger charge is -2.10. The van der Waals surface area contributed by atoms with Crippen molar-refractivity contribution in [2.45, 2.75) is 25.2 Å². The van der Waals surface area contributed by atoms with E-state index in [0.29, 0.717) is 22.7 Å². The Hall–Kier alpha value is -3.56. The van der Waals surface area contributed by atoms with E-state index < -0.39 is 10.1 Å². The van der Waals surface area contributed by atoms with Gasteiger partial charge in [-0.25, -0.2) is 0 Å². The van der Waals surface area contributed by atoms with Gasteiger partial charge in [-0.15, -0.1) is 10.2 Å². The van der Waals surface area contributed by atoms with Crippen LogP contribution in [0.5, 0.6) is 5.75 Å². The van der Waals surface area contributed by atoms with E-state index in [9.17, 15) is 13.2 Å². The maximum Gasteiger partial charge on any atom is 0.339 e. The first-order valence-electron chi connectivity index (χ1n) is 10.1. The van der Waals surface area contributed by atoms with Crippen molar-refractivity contribution >= 4 is 32.5 Å². The smallest absolute Gasteiger partial charge is 0.339 e. The highest BCUT2D eigenvalue weighted by Crippen LogP contribution is 2.24. The maximum atomic E-state index is 12.7. The fourth-order valence-corrected chi connectivity index (χ4v) is 5.14. The molecule has 7 nitrogen and oxygen atoms in total. The van der Waals surface area contributed by atoms with E-state index in [2.05, 4.69) is 15.5 Å². The molecule has 3 aromatic carbocycles. The van der Waals surface area contributed by atoms with Gasteiger partial charge in [-0.2, -0.15) is 8.42 Å². The molecule has 4 aromatic rings. The molecule has 0 aliphatic heterocycles. The van der Waals surface area contributed by atoms with Gasteiger partial charge >= 0.3 is 10.1 Å². The summed E-state index contributed by atoms with van der Waals surface area (Å²) >= 11 is 1.30. The van der Waals surface area contributed by atoms with Crippen LogP contribution in [0, 0.1) is 13.8 Å². The number of nitrogens with zero attached hydrogens (tertiary/aromatic N) is 2. The van der Waals surface area contributed by atoms with Gasteiger partial charge in [-0.05, 0) is 60.9 Å². The number of hydrogen-bond donors (Lipinski definition) is 1. The predicted molar refractivity (Wildman–Crippen MR) is 127 cm³/mol. The van der Waals surface area contributed by atoms with Crippen molar-refractivity contribution in [3.63, 3.8) is 0 Å². The van der Waals surface area contributed by atoms with Gasteiger partial charge in [0.1, 0.15) is 15.7 Å². The standard InChI is InChI=1S/C24H21N3O4S2/c1-16-8-9-17(2)21(14-16)33(29,30)31-20-12-10-19(11-13-20)23(28)25-24-27-26-22(32-24)15-18-6-4-3-5-7-18/h3-14H,15H2,1-2H3,(H,25,27,28). The molecule has 0 spiro atoms. The van der Waals surface area contributed by atoms with Gasteiger partial charge < -0.3 is 4.18 Å². The minimum absolute atomic E-state index is 0.117. The second-order valence-electron chi connectivity index (χ2n) is 7.45. The zero-order valence-electron chi connectivity index (χ0n) is 18.0.